The Hall–Kier alpha value is -1.05. The number of carbonyl (C=O) groups is 3. The number of carboxylic acid groups (broad SMARTS) is 1. The van der Waals surface area contributed by atoms with Gasteiger partial charge >= 0.3 is 35.5 Å². The van der Waals surface area contributed by atoms with E-state index in [1.165, 1.54) is 13.0 Å². The molecular formula is C10H10NNaO6. The number of carbonyl (C=O) groups excluding carboxylic acids is 3. The number of rotatable bonds is 3. The first-order chi connectivity index (χ1) is 8.00. The smallest absolute Gasteiger partial charge is 0.547 e. The van der Waals surface area contributed by atoms with Crippen LogP contribution in [0.4, 0.5) is 0 Å². The number of aliphatic carboxylic acids is 1. The number of amides is 1. The third-order valence-corrected chi connectivity index (χ3v) is 2.56. The van der Waals surface area contributed by atoms with Crippen molar-refractivity contribution in [1.82, 2.24) is 4.90 Å². The number of carboxylic acids is 1. The number of hydrogen-bond acceptors (Lipinski definition) is 6. The molecule has 0 N–H and O–H groups in total. The number of ether oxygens (including phenoxy) is 2. The molecule has 1 amide bonds. The van der Waals surface area contributed by atoms with E-state index >= 15 is 0 Å². The first kappa shape index (κ1) is 15.0. The van der Waals surface area contributed by atoms with Crippen LogP contribution >= 0.6 is 0 Å². The van der Waals surface area contributed by atoms with Crippen LogP contribution in [0.5, 0.6) is 0 Å². The van der Waals surface area contributed by atoms with Gasteiger partial charge in [0, 0.05) is 6.92 Å². The number of nitrogens with zero attached hydrogens (tertiary/aromatic N) is 1. The summed E-state index contributed by atoms with van der Waals surface area (Å²) in [5.74, 6) is -2.10. The molecule has 0 radical (unpaired) electrons. The van der Waals surface area contributed by atoms with Crippen molar-refractivity contribution < 1.29 is 58.5 Å². The number of esters is 1. The summed E-state index contributed by atoms with van der Waals surface area (Å²) >= 11 is 0. The molecule has 2 heterocycles. The summed E-state index contributed by atoms with van der Waals surface area (Å²) in [5, 5.41) is 10.9. The molecule has 0 spiro atoms. The molecule has 0 aromatic carbocycles. The monoisotopic (exact) mass is 263 g/mol. The molecule has 2 aliphatic heterocycles. The molecule has 2 atom stereocenters. The van der Waals surface area contributed by atoms with Crippen molar-refractivity contribution in [2.75, 3.05) is 6.61 Å². The first-order valence-electron chi connectivity index (χ1n) is 5.03. The second-order valence-corrected chi connectivity index (χ2v) is 3.71. The molecule has 2 unspecified atom stereocenters. The van der Waals surface area contributed by atoms with Crippen LogP contribution in [0.25, 0.3) is 0 Å². The summed E-state index contributed by atoms with van der Waals surface area (Å²) in [6, 6.07) is -1.21. The zero-order valence-corrected chi connectivity index (χ0v) is 12.0. The SMILES string of the molecule is CC(=O)OCC=C1OC2CC(=O)N2C1C(=O)[O-].[Na+]. The first-order valence-corrected chi connectivity index (χ1v) is 5.03. The van der Waals surface area contributed by atoms with Crippen LogP contribution in [0.2, 0.25) is 0 Å². The zero-order chi connectivity index (χ0) is 12.6. The molecule has 8 heteroatoms. The van der Waals surface area contributed by atoms with Gasteiger partial charge in [0.05, 0.1) is 12.4 Å². The minimum absolute atomic E-state index is 0. The fraction of sp³-hybridized carbons (Fsp3) is 0.500. The van der Waals surface area contributed by atoms with E-state index in [1.807, 2.05) is 0 Å². The van der Waals surface area contributed by atoms with E-state index in [4.69, 9.17) is 4.74 Å². The molecule has 7 nitrogen and oxygen atoms in total. The van der Waals surface area contributed by atoms with Crippen LogP contribution in [0.1, 0.15) is 13.3 Å². The largest absolute Gasteiger partial charge is 1.00 e. The van der Waals surface area contributed by atoms with E-state index in [1.54, 1.807) is 0 Å². The van der Waals surface area contributed by atoms with E-state index in [9.17, 15) is 19.5 Å². The van der Waals surface area contributed by atoms with Crippen molar-refractivity contribution in [3.8, 4) is 0 Å². The maximum Gasteiger partial charge on any atom is 1.00 e. The van der Waals surface area contributed by atoms with Crippen LogP contribution in [0.15, 0.2) is 11.8 Å². The standard InChI is InChI=1S/C10H11NO6.Na/c1-5(12)16-3-2-6-9(10(14)15)11-7(13)4-8(11)17-6;/h2,8-9H,3-4H2,1H3,(H,14,15);/q;+1/p-1. The summed E-state index contributed by atoms with van der Waals surface area (Å²) in [4.78, 5) is 33.8. The van der Waals surface area contributed by atoms with Gasteiger partial charge in [-0.25, -0.2) is 0 Å². The van der Waals surface area contributed by atoms with Crippen LogP contribution < -0.4 is 34.7 Å². The number of β-lactam (4-membered cyclic amide) rings is 1. The zero-order valence-electron chi connectivity index (χ0n) is 10.0. The summed E-state index contributed by atoms with van der Waals surface area (Å²) in [6.07, 6.45) is 0.955. The van der Waals surface area contributed by atoms with Crippen molar-refractivity contribution in [2.24, 2.45) is 0 Å². The van der Waals surface area contributed by atoms with Crippen LogP contribution in [-0.4, -0.2) is 41.6 Å². The normalized spacial score (nSPS) is 26.8. The predicted octanol–water partition coefficient (Wildman–Crippen LogP) is -4.86. The van der Waals surface area contributed by atoms with E-state index < -0.39 is 24.2 Å². The van der Waals surface area contributed by atoms with Crippen molar-refractivity contribution in [3.05, 3.63) is 11.8 Å². The van der Waals surface area contributed by atoms with Crippen LogP contribution in [-0.2, 0) is 23.9 Å². The molecule has 0 bridgehead atoms. The molecule has 0 aromatic heterocycles. The molecule has 2 aliphatic rings. The Balaban J connectivity index is 0.00000162. The Bertz CT molecular complexity index is 421. The van der Waals surface area contributed by atoms with Gasteiger partial charge in [-0.1, -0.05) is 0 Å². The van der Waals surface area contributed by atoms with Gasteiger partial charge in [0.25, 0.3) is 0 Å². The van der Waals surface area contributed by atoms with E-state index in [2.05, 4.69) is 4.74 Å². The summed E-state index contributed by atoms with van der Waals surface area (Å²) in [7, 11) is 0. The van der Waals surface area contributed by atoms with Gasteiger partial charge in [-0.15, -0.1) is 0 Å². The Labute approximate surface area is 125 Å². The van der Waals surface area contributed by atoms with Gasteiger partial charge in [0.15, 0.2) is 6.23 Å². The number of hydrogen-bond donors (Lipinski definition) is 0. The molecule has 2 saturated heterocycles. The van der Waals surface area contributed by atoms with E-state index in [-0.39, 0.29) is 54.3 Å². The van der Waals surface area contributed by atoms with Gasteiger partial charge in [0.1, 0.15) is 18.4 Å². The average molecular weight is 263 g/mol. The second kappa shape index (κ2) is 5.73. The van der Waals surface area contributed by atoms with E-state index in [0.29, 0.717) is 0 Å². The predicted molar refractivity (Wildman–Crippen MR) is 49.8 cm³/mol. The van der Waals surface area contributed by atoms with Gasteiger partial charge in [-0.05, 0) is 6.08 Å². The average Bonchev–Trinajstić information content (AvgIpc) is 2.50. The molecular weight excluding hydrogens is 253 g/mol. The van der Waals surface area contributed by atoms with Gasteiger partial charge in [-0.2, -0.15) is 0 Å². The van der Waals surface area contributed by atoms with E-state index in [0.717, 1.165) is 4.90 Å². The fourth-order valence-electron chi connectivity index (χ4n) is 1.80. The topological polar surface area (TPSA) is 96.0 Å². The third kappa shape index (κ3) is 2.68. The molecule has 2 fully saturated rings. The Kier molecular flexibility index (Phi) is 4.78. The van der Waals surface area contributed by atoms with Crippen molar-refractivity contribution in [1.29, 1.82) is 0 Å². The summed E-state index contributed by atoms with van der Waals surface area (Å²) in [6.45, 7) is 1.14. The number of fused-ring (bicyclic) bond motifs is 1. The van der Waals surface area contributed by atoms with Crippen LogP contribution in [0.3, 0.4) is 0 Å². The quantitative estimate of drug-likeness (QED) is 0.288. The molecule has 2 rings (SSSR count). The summed E-state index contributed by atoms with van der Waals surface area (Å²) in [5.41, 5.74) is 0. The van der Waals surface area contributed by atoms with Crippen molar-refractivity contribution in [2.45, 2.75) is 25.6 Å². The van der Waals surface area contributed by atoms with Gasteiger partial charge in [-0.3, -0.25) is 14.5 Å². The van der Waals surface area contributed by atoms with Gasteiger partial charge in [0.2, 0.25) is 5.91 Å². The second-order valence-electron chi connectivity index (χ2n) is 3.71. The van der Waals surface area contributed by atoms with Crippen LogP contribution in [0, 0.1) is 0 Å². The van der Waals surface area contributed by atoms with Crippen molar-refractivity contribution >= 4 is 17.8 Å². The summed E-state index contributed by atoms with van der Waals surface area (Å²) < 4.78 is 9.88. The molecule has 92 valence electrons. The minimum Gasteiger partial charge on any atom is -0.547 e. The third-order valence-electron chi connectivity index (χ3n) is 2.56. The maximum atomic E-state index is 11.2. The maximum absolute atomic E-state index is 11.2. The minimum atomic E-state index is -1.41. The fourth-order valence-corrected chi connectivity index (χ4v) is 1.80. The Morgan fingerprint density at radius 2 is 2.28 bits per heavy atom. The van der Waals surface area contributed by atoms with Gasteiger partial charge < -0.3 is 19.4 Å². The molecule has 0 saturated carbocycles. The molecule has 18 heavy (non-hydrogen) atoms. The molecule has 0 aromatic rings. The Morgan fingerprint density at radius 3 is 2.78 bits per heavy atom. The Morgan fingerprint density at radius 1 is 1.61 bits per heavy atom. The van der Waals surface area contributed by atoms with Crippen molar-refractivity contribution in [3.63, 3.8) is 0 Å². The molecule has 0 aliphatic carbocycles.